The molecule has 1 aromatic carbocycles. The third-order valence-corrected chi connectivity index (χ3v) is 5.71. The number of hydrogen-bond acceptors (Lipinski definition) is 3. The smallest absolute Gasteiger partial charge is 0.222 e. The molecule has 2 N–H and O–H groups in total. The van der Waals surface area contributed by atoms with Crippen molar-refractivity contribution in [3.05, 3.63) is 35.4 Å². The maximum atomic E-state index is 12.2. The van der Waals surface area contributed by atoms with E-state index in [0.717, 1.165) is 51.6 Å². The summed E-state index contributed by atoms with van der Waals surface area (Å²) < 4.78 is 0. The number of amides is 1. The Hall–Kier alpha value is -1.39. The van der Waals surface area contributed by atoms with Gasteiger partial charge in [-0.1, -0.05) is 44.0 Å². The molecule has 132 valence electrons. The Morgan fingerprint density at radius 2 is 2.00 bits per heavy atom. The number of nitrogens with one attached hydrogen (secondary N) is 1. The van der Waals surface area contributed by atoms with Crippen molar-refractivity contribution in [1.29, 1.82) is 0 Å². The highest BCUT2D eigenvalue weighted by Crippen LogP contribution is 2.32. The van der Waals surface area contributed by atoms with Crippen molar-refractivity contribution in [3.8, 4) is 0 Å². The Kier molecular flexibility index (Phi) is 5.57. The van der Waals surface area contributed by atoms with E-state index in [4.69, 9.17) is 0 Å². The molecule has 4 heteroatoms. The SMILES string of the molecule is CCC(CNC(=O)CC1(O)CCCC1)N1CCc2ccccc2C1. The van der Waals surface area contributed by atoms with Gasteiger partial charge >= 0.3 is 0 Å². The number of benzene rings is 1. The van der Waals surface area contributed by atoms with Gasteiger partial charge in [0, 0.05) is 25.7 Å². The van der Waals surface area contributed by atoms with Gasteiger partial charge in [-0.25, -0.2) is 0 Å². The van der Waals surface area contributed by atoms with E-state index in [2.05, 4.69) is 41.4 Å². The fourth-order valence-corrected chi connectivity index (χ4v) is 4.16. The first kappa shape index (κ1) is 17.4. The Balaban J connectivity index is 1.51. The molecule has 24 heavy (non-hydrogen) atoms. The number of nitrogens with zero attached hydrogens (tertiary/aromatic N) is 1. The van der Waals surface area contributed by atoms with Crippen LogP contribution in [0.5, 0.6) is 0 Å². The van der Waals surface area contributed by atoms with Gasteiger partial charge in [-0.3, -0.25) is 9.69 Å². The number of aliphatic hydroxyl groups is 1. The van der Waals surface area contributed by atoms with Crippen molar-refractivity contribution < 1.29 is 9.90 Å². The topological polar surface area (TPSA) is 52.6 Å². The molecule has 0 aromatic heterocycles. The standard InChI is InChI=1S/C20H30N2O2/c1-2-18(14-21-19(23)13-20(24)10-5-6-11-20)22-12-9-16-7-3-4-8-17(16)15-22/h3-4,7-8,18,24H,2,5-6,9-15H2,1H3,(H,21,23). The van der Waals surface area contributed by atoms with Crippen LogP contribution in [0.3, 0.4) is 0 Å². The Bertz CT molecular complexity index is 567. The van der Waals surface area contributed by atoms with Gasteiger partial charge in [-0.2, -0.15) is 0 Å². The Labute approximate surface area is 145 Å². The molecule has 1 atom stereocenters. The fourth-order valence-electron chi connectivity index (χ4n) is 4.16. The van der Waals surface area contributed by atoms with Gasteiger partial charge in [0.05, 0.1) is 12.0 Å². The molecule has 1 aliphatic heterocycles. The van der Waals surface area contributed by atoms with Crippen LogP contribution in [0.15, 0.2) is 24.3 Å². The summed E-state index contributed by atoms with van der Waals surface area (Å²) in [6.45, 7) is 4.87. The summed E-state index contributed by atoms with van der Waals surface area (Å²) in [5.41, 5.74) is 2.11. The molecule has 2 aliphatic rings. The second kappa shape index (κ2) is 7.66. The molecular weight excluding hydrogens is 300 g/mol. The predicted octanol–water partition coefficient (Wildman–Crippen LogP) is 2.63. The van der Waals surface area contributed by atoms with Gasteiger partial charge in [0.1, 0.15) is 0 Å². The largest absolute Gasteiger partial charge is 0.389 e. The normalized spacial score (nSPS) is 21.2. The quantitative estimate of drug-likeness (QED) is 0.843. The lowest BCUT2D eigenvalue weighted by Crippen LogP contribution is -2.46. The van der Waals surface area contributed by atoms with Crippen LogP contribution in [-0.4, -0.2) is 40.6 Å². The average Bonchev–Trinajstić information content (AvgIpc) is 3.01. The van der Waals surface area contributed by atoms with Crippen LogP contribution in [0.25, 0.3) is 0 Å². The third kappa shape index (κ3) is 4.17. The molecule has 1 saturated carbocycles. The molecule has 1 aromatic rings. The molecule has 0 saturated heterocycles. The van der Waals surface area contributed by atoms with E-state index in [9.17, 15) is 9.90 Å². The summed E-state index contributed by atoms with van der Waals surface area (Å²) in [5, 5.41) is 13.4. The second-order valence-corrected chi connectivity index (χ2v) is 7.46. The van der Waals surface area contributed by atoms with E-state index >= 15 is 0 Å². The minimum atomic E-state index is -0.754. The highest BCUT2D eigenvalue weighted by molar-refractivity contribution is 5.77. The average molecular weight is 330 g/mol. The van der Waals surface area contributed by atoms with Crippen LogP contribution < -0.4 is 5.32 Å². The second-order valence-electron chi connectivity index (χ2n) is 7.46. The van der Waals surface area contributed by atoms with E-state index < -0.39 is 5.60 Å². The van der Waals surface area contributed by atoms with Crippen molar-refractivity contribution >= 4 is 5.91 Å². The molecule has 1 fully saturated rings. The maximum Gasteiger partial charge on any atom is 0.222 e. The number of carbonyl (C=O) groups excluding carboxylic acids is 1. The van der Waals surface area contributed by atoms with Crippen LogP contribution in [0.2, 0.25) is 0 Å². The van der Waals surface area contributed by atoms with Crippen molar-refractivity contribution in [3.63, 3.8) is 0 Å². The molecule has 0 radical (unpaired) electrons. The molecule has 1 aliphatic carbocycles. The summed E-state index contributed by atoms with van der Waals surface area (Å²) in [6.07, 6.45) is 5.96. The number of rotatable bonds is 6. The van der Waals surface area contributed by atoms with Crippen molar-refractivity contribution in [1.82, 2.24) is 10.2 Å². The summed E-state index contributed by atoms with van der Waals surface area (Å²) in [5.74, 6) is -0.00439. The third-order valence-electron chi connectivity index (χ3n) is 5.71. The van der Waals surface area contributed by atoms with E-state index in [1.807, 2.05) is 0 Å². The van der Waals surface area contributed by atoms with Crippen LogP contribution in [0.4, 0.5) is 0 Å². The Morgan fingerprint density at radius 1 is 1.29 bits per heavy atom. The molecule has 1 unspecified atom stereocenters. The number of hydrogen-bond donors (Lipinski definition) is 2. The first-order valence-corrected chi connectivity index (χ1v) is 9.39. The van der Waals surface area contributed by atoms with Gasteiger partial charge in [0.25, 0.3) is 0 Å². The molecule has 4 nitrogen and oxygen atoms in total. The molecule has 0 spiro atoms. The van der Waals surface area contributed by atoms with E-state index in [1.165, 1.54) is 11.1 Å². The van der Waals surface area contributed by atoms with Crippen LogP contribution in [-0.2, 0) is 17.8 Å². The van der Waals surface area contributed by atoms with Crippen LogP contribution in [0, 0.1) is 0 Å². The fraction of sp³-hybridized carbons (Fsp3) is 0.650. The lowest BCUT2D eigenvalue weighted by Gasteiger charge is -2.35. The predicted molar refractivity (Wildman–Crippen MR) is 95.7 cm³/mol. The van der Waals surface area contributed by atoms with Gasteiger partial charge in [-0.05, 0) is 36.8 Å². The first-order valence-electron chi connectivity index (χ1n) is 9.39. The minimum absolute atomic E-state index is 0.00439. The number of fused-ring (bicyclic) bond motifs is 1. The first-order chi connectivity index (χ1) is 11.6. The number of carbonyl (C=O) groups is 1. The molecule has 0 bridgehead atoms. The maximum absolute atomic E-state index is 12.2. The molecular formula is C20H30N2O2. The minimum Gasteiger partial charge on any atom is -0.389 e. The molecule has 1 heterocycles. The van der Waals surface area contributed by atoms with Crippen molar-refractivity contribution in [2.24, 2.45) is 0 Å². The van der Waals surface area contributed by atoms with Crippen molar-refractivity contribution in [2.75, 3.05) is 13.1 Å². The highest BCUT2D eigenvalue weighted by atomic mass is 16.3. The summed E-state index contributed by atoms with van der Waals surface area (Å²) in [7, 11) is 0. The lowest BCUT2D eigenvalue weighted by atomic mass is 9.97. The lowest BCUT2D eigenvalue weighted by molar-refractivity contribution is -0.126. The Morgan fingerprint density at radius 3 is 2.71 bits per heavy atom. The highest BCUT2D eigenvalue weighted by Gasteiger charge is 2.33. The molecule has 3 rings (SSSR count). The van der Waals surface area contributed by atoms with Crippen LogP contribution in [0.1, 0.15) is 56.6 Å². The van der Waals surface area contributed by atoms with E-state index in [1.54, 1.807) is 0 Å². The summed E-state index contributed by atoms with van der Waals surface area (Å²) >= 11 is 0. The zero-order valence-electron chi connectivity index (χ0n) is 14.8. The van der Waals surface area contributed by atoms with Gasteiger partial charge in [-0.15, -0.1) is 0 Å². The summed E-state index contributed by atoms with van der Waals surface area (Å²) in [6, 6.07) is 9.01. The monoisotopic (exact) mass is 330 g/mol. The zero-order chi connectivity index (χ0) is 17.0. The van der Waals surface area contributed by atoms with Gasteiger partial charge in [0.2, 0.25) is 5.91 Å². The molecule has 1 amide bonds. The van der Waals surface area contributed by atoms with E-state index in [0.29, 0.717) is 12.6 Å². The van der Waals surface area contributed by atoms with Crippen molar-refractivity contribution in [2.45, 2.75) is 70.1 Å². The van der Waals surface area contributed by atoms with Gasteiger partial charge < -0.3 is 10.4 Å². The van der Waals surface area contributed by atoms with Gasteiger partial charge in [0.15, 0.2) is 0 Å². The zero-order valence-corrected chi connectivity index (χ0v) is 14.8. The summed E-state index contributed by atoms with van der Waals surface area (Å²) in [4.78, 5) is 14.7. The van der Waals surface area contributed by atoms with Crippen LogP contribution >= 0.6 is 0 Å². The van der Waals surface area contributed by atoms with E-state index in [-0.39, 0.29) is 12.3 Å².